The van der Waals surface area contributed by atoms with Crippen molar-refractivity contribution in [3.05, 3.63) is 24.3 Å². The van der Waals surface area contributed by atoms with E-state index >= 15 is 0 Å². The zero-order valence-electron chi connectivity index (χ0n) is 7.53. The van der Waals surface area contributed by atoms with E-state index in [1.807, 2.05) is 30.3 Å². The smallest absolute Gasteiger partial charge is 0.247 e. The van der Waals surface area contributed by atoms with E-state index in [0.29, 0.717) is 0 Å². The summed E-state index contributed by atoms with van der Waals surface area (Å²) in [6.07, 6.45) is 0. The summed E-state index contributed by atoms with van der Waals surface area (Å²) in [6, 6.07) is 9.46. The Morgan fingerprint density at radius 1 is 1.50 bits per heavy atom. The number of fused-ring (bicyclic) bond motifs is 1. The molecule has 0 saturated carbocycles. The van der Waals surface area contributed by atoms with Crippen LogP contribution in [0.2, 0.25) is 0 Å². The van der Waals surface area contributed by atoms with Crippen LogP contribution in [0.15, 0.2) is 24.3 Å². The first-order valence-corrected chi connectivity index (χ1v) is 4.33. The summed E-state index contributed by atoms with van der Waals surface area (Å²) < 4.78 is 0. The van der Waals surface area contributed by atoms with Gasteiger partial charge >= 0.3 is 0 Å². The van der Waals surface area contributed by atoms with Crippen LogP contribution in [-0.2, 0) is 4.79 Å². The third-order valence-corrected chi connectivity index (χ3v) is 2.15. The number of anilines is 2. The van der Waals surface area contributed by atoms with Crippen molar-refractivity contribution in [3.8, 4) is 6.07 Å². The van der Waals surface area contributed by atoms with Gasteiger partial charge in [0.25, 0.3) is 0 Å². The van der Waals surface area contributed by atoms with Crippen molar-refractivity contribution in [3.63, 3.8) is 0 Å². The molecule has 1 N–H and O–H groups in total. The maximum absolute atomic E-state index is 11.5. The zero-order valence-corrected chi connectivity index (χ0v) is 7.53. The minimum absolute atomic E-state index is 0.0646. The quantitative estimate of drug-likeness (QED) is 0.666. The van der Waals surface area contributed by atoms with E-state index in [2.05, 4.69) is 5.32 Å². The first kappa shape index (κ1) is 8.57. The van der Waals surface area contributed by atoms with Crippen LogP contribution in [0.25, 0.3) is 0 Å². The Balaban J connectivity index is 2.42. The second-order valence-electron chi connectivity index (χ2n) is 3.01. The summed E-state index contributed by atoms with van der Waals surface area (Å²) in [5.41, 5.74) is 1.69. The lowest BCUT2D eigenvalue weighted by Gasteiger charge is -2.27. The van der Waals surface area contributed by atoms with Gasteiger partial charge in [-0.1, -0.05) is 12.1 Å². The fourth-order valence-electron chi connectivity index (χ4n) is 1.50. The van der Waals surface area contributed by atoms with Crippen molar-refractivity contribution in [1.82, 2.24) is 0 Å². The molecule has 1 aromatic carbocycles. The molecule has 1 heterocycles. The van der Waals surface area contributed by atoms with E-state index in [1.165, 1.54) is 4.90 Å². The summed E-state index contributed by atoms with van der Waals surface area (Å²) in [4.78, 5) is 13.0. The zero-order chi connectivity index (χ0) is 9.97. The Kier molecular flexibility index (Phi) is 2.07. The first-order chi connectivity index (χ1) is 6.83. The first-order valence-electron chi connectivity index (χ1n) is 4.33. The van der Waals surface area contributed by atoms with E-state index in [-0.39, 0.29) is 19.0 Å². The molecule has 14 heavy (non-hydrogen) atoms. The molecule has 70 valence electrons. The molecular weight excluding hydrogens is 178 g/mol. The Morgan fingerprint density at radius 3 is 3.07 bits per heavy atom. The van der Waals surface area contributed by atoms with Crippen molar-refractivity contribution in [1.29, 1.82) is 5.26 Å². The molecule has 2 rings (SSSR count). The second-order valence-corrected chi connectivity index (χ2v) is 3.01. The van der Waals surface area contributed by atoms with Crippen molar-refractivity contribution in [2.45, 2.75) is 0 Å². The number of hydrogen-bond acceptors (Lipinski definition) is 3. The van der Waals surface area contributed by atoms with Crippen molar-refractivity contribution >= 4 is 17.3 Å². The molecule has 0 spiro atoms. The minimum Gasteiger partial charge on any atom is -0.374 e. The molecule has 1 aromatic rings. The van der Waals surface area contributed by atoms with Crippen LogP contribution in [0.1, 0.15) is 0 Å². The monoisotopic (exact) mass is 187 g/mol. The molecule has 0 bridgehead atoms. The number of nitriles is 1. The van der Waals surface area contributed by atoms with E-state index in [0.717, 1.165) is 11.4 Å². The maximum atomic E-state index is 11.5. The SMILES string of the molecule is N#CCN1C(=O)CNc2ccccc21. The summed E-state index contributed by atoms with van der Waals surface area (Å²) in [5.74, 6) is -0.0646. The Labute approximate surface area is 81.7 Å². The molecule has 4 heteroatoms. The summed E-state index contributed by atoms with van der Waals surface area (Å²) in [5, 5.41) is 11.6. The molecule has 0 aromatic heterocycles. The highest BCUT2D eigenvalue weighted by Gasteiger charge is 2.22. The number of para-hydroxylation sites is 2. The van der Waals surface area contributed by atoms with Gasteiger partial charge in [-0.05, 0) is 12.1 Å². The molecular formula is C10H9N3O. The lowest BCUT2D eigenvalue weighted by Crippen LogP contribution is -2.40. The van der Waals surface area contributed by atoms with Gasteiger partial charge in [0.2, 0.25) is 5.91 Å². The highest BCUT2D eigenvalue weighted by atomic mass is 16.2. The average Bonchev–Trinajstić information content (AvgIpc) is 2.23. The summed E-state index contributed by atoms with van der Waals surface area (Å²) >= 11 is 0. The predicted molar refractivity (Wildman–Crippen MR) is 52.9 cm³/mol. The van der Waals surface area contributed by atoms with E-state index in [9.17, 15) is 4.79 Å². The molecule has 0 fully saturated rings. The van der Waals surface area contributed by atoms with Crippen LogP contribution in [0.4, 0.5) is 11.4 Å². The fraction of sp³-hybridized carbons (Fsp3) is 0.200. The van der Waals surface area contributed by atoms with Gasteiger partial charge in [-0.2, -0.15) is 5.26 Å². The highest BCUT2D eigenvalue weighted by Crippen LogP contribution is 2.28. The molecule has 0 unspecified atom stereocenters. The number of rotatable bonds is 1. The number of benzene rings is 1. The van der Waals surface area contributed by atoms with E-state index in [4.69, 9.17) is 5.26 Å². The van der Waals surface area contributed by atoms with Crippen molar-refractivity contribution in [2.75, 3.05) is 23.3 Å². The topological polar surface area (TPSA) is 56.1 Å². The molecule has 0 atom stereocenters. The Morgan fingerprint density at radius 2 is 2.29 bits per heavy atom. The van der Waals surface area contributed by atoms with Gasteiger partial charge in [-0.15, -0.1) is 0 Å². The third kappa shape index (κ3) is 1.29. The van der Waals surface area contributed by atoms with Crippen LogP contribution < -0.4 is 10.2 Å². The van der Waals surface area contributed by atoms with Crippen LogP contribution in [-0.4, -0.2) is 19.0 Å². The molecule has 0 saturated heterocycles. The molecule has 0 aliphatic carbocycles. The normalized spacial score (nSPS) is 14.2. The molecule has 1 aliphatic rings. The molecule has 1 amide bonds. The lowest BCUT2D eigenvalue weighted by molar-refractivity contribution is -0.117. The summed E-state index contributed by atoms with van der Waals surface area (Å²) in [6.45, 7) is 0.371. The molecule has 4 nitrogen and oxygen atoms in total. The van der Waals surface area contributed by atoms with Gasteiger partial charge in [-0.3, -0.25) is 9.69 Å². The van der Waals surface area contributed by atoms with Crippen LogP contribution in [0.3, 0.4) is 0 Å². The van der Waals surface area contributed by atoms with E-state index in [1.54, 1.807) is 0 Å². The standard InChI is InChI=1S/C10H9N3O/c11-5-6-13-9-4-2-1-3-8(9)12-7-10(13)14/h1-4,12H,6-7H2. The van der Waals surface area contributed by atoms with Crippen LogP contribution in [0.5, 0.6) is 0 Å². The molecule has 1 aliphatic heterocycles. The average molecular weight is 187 g/mol. The fourth-order valence-corrected chi connectivity index (χ4v) is 1.50. The van der Waals surface area contributed by atoms with Gasteiger partial charge in [-0.25, -0.2) is 0 Å². The number of hydrogen-bond donors (Lipinski definition) is 1. The van der Waals surface area contributed by atoms with Gasteiger partial charge < -0.3 is 5.32 Å². The summed E-state index contributed by atoms with van der Waals surface area (Å²) in [7, 11) is 0. The molecule has 0 radical (unpaired) electrons. The minimum atomic E-state index is -0.0646. The Hall–Kier alpha value is -2.02. The highest BCUT2D eigenvalue weighted by molar-refractivity contribution is 6.02. The second kappa shape index (κ2) is 3.38. The largest absolute Gasteiger partial charge is 0.374 e. The number of nitrogens with one attached hydrogen (secondary N) is 1. The van der Waals surface area contributed by atoms with Gasteiger partial charge in [0.05, 0.1) is 24.0 Å². The third-order valence-electron chi connectivity index (χ3n) is 2.15. The van der Waals surface area contributed by atoms with Gasteiger partial charge in [0, 0.05) is 0 Å². The number of carbonyl (C=O) groups excluding carboxylic acids is 1. The maximum Gasteiger partial charge on any atom is 0.247 e. The predicted octanol–water partition coefficient (Wildman–Crippen LogP) is 0.969. The Bertz CT molecular complexity index is 408. The lowest BCUT2D eigenvalue weighted by atomic mass is 10.2. The van der Waals surface area contributed by atoms with E-state index < -0.39 is 0 Å². The van der Waals surface area contributed by atoms with Crippen molar-refractivity contribution < 1.29 is 4.79 Å². The van der Waals surface area contributed by atoms with Gasteiger partial charge in [0.1, 0.15) is 6.54 Å². The van der Waals surface area contributed by atoms with Crippen LogP contribution >= 0.6 is 0 Å². The van der Waals surface area contributed by atoms with Crippen molar-refractivity contribution in [2.24, 2.45) is 0 Å². The number of amides is 1. The number of nitrogens with zero attached hydrogens (tertiary/aromatic N) is 2. The number of carbonyl (C=O) groups is 1. The van der Waals surface area contributed by atoms with Crippen LogP contribution in [0, 0.1) is 11.3 Å². The van der Waals surface area contributed by atoms with Gasteiger partial charge in [0.15, 0.2) is 0 Å².